The van der Waals surface area contributed by atoms with Gasteiger partial charge in [0, 0.05) is 5.92 Å². The third-order valence-corrected chi connectivity index (χ3v) is 3.73. The van der Waals surface area contributed by atoms with Crippen LogP contribution in [0.15, 0.2) is 54.1 Å². The summed E-state index contributed by atoms with van der Waals surface area (Å²) in [6.45, 7) is 6.38. The molecule has 0 aliphatic rings. The number of nitriles is 1. The fourth-order valence-electron chi connectivity index (χ4n) is 2.37. The molecule has 4 nitrogen and oxygen atoms in total. The van der Waals surface area contributed by atoms with Crippen LogP contribution in [0.2, 0.25) is 0 Å². The highest BCUT2D eigenvalue weighted by Gasteiger charge is 2.14. The van der Waals surface area contributed by atoms with Crippen molar-refractivity contribution in [3.05, 3.63) is 65.2 Å². The summed E-state index contributed by atoms with van der Waals surface area (Å²) in [7, 11) is 0. The molecule has 134 valence electrons. The topological polar surface area (TPSA) is 59.3 Å². The second-order valence-corrected chi connectivity index (χ2v) is 6.10. The molecule has 0 atom stereocenters. The molecular formula is C22H23NO3. The molecule has 26 heavy (non-hydrogen) atoms. The fourth-order valence-corrected chi connectivity index (χ4v) is 2.37. The van der Waals surface area contributed by atoms with Crippen molar-refractivity contribution in [1.29, 1.82) is 5.26 Å². The maximum atomic E-state index is 12.1. The zero-order valence-electron chi connectivity index (χ0n) is 15.4. The molecule has 0 aromatic heterocycles. The van der Waals surface area contributed by atoms with E-state index in [4.69, 9.17) is 9.47 Å². The van der Waals surface area contributed by atoms with E-state index in [0.29, 0.717) is 24.7 Å². The standard InChI is InChI=1S/C22H23NO3/c1-4-25-21-13-18(12-19(14-23)22(24)16(2)3)10-11-20(21)26-15-17-8-6-5-7-9-17/h5-13,16H,4,15H2,1-3H3/b19-12+. The van der Waals surface area contributed by atoms with E-state index in [9.17, 15) is 10.1 Å². The average Bonchev–Trinajstić information content (AvgIpc) is 2.66. The quantitative estimate of drug-likeness (QED) is 0.507. The Morgan fingerprint density at radius 1 is 1.12 bits per heavy atom. The first kappa shape index (κ1) is 19.3. The molecule has 0 unspecified atom stereocenters. The zero-order valence-corrected chi connectivity index (χ0v) is 15.4. The van der Waals surface area contributed by atoms with Gasteiger partial charge in [0.15, 0.2) is 17.3 Å². The van der Waals surface area contributed by atoms with Crippen LogP contribution >= 0.6 is 0 Å². The van der Waals surface area contributed by atoms with Crippen molar-refractivity contribution in [3.8, 4) is 17.6 Å². The summed E-state index contributed by atoms with van der Waals surface area (Å²) in [4.78, 5) is 12.1. The highest BCUT2D eigenvalue weighted by Crippen LogP contribution is 2.30. The Bertz CT molecular complexity index is 817. The monoisotopic (exact) mass is 349 g/mol. The maximum Gasteiger partial charge on any atom is 0.175 e. The summed E-state index contributed by atoms with van der Waals surface area (Å²) in [5.74, 6) is 0.823. The van der Waals surface area contributed by atoms with Crippen LogP contribution in [0.5, 0.6) is 11.5 Å². The lowest BCUT2D eigenvalue weighted by atomic mass is 10.00. The van der Waals surface area contributed by atoms with Gasteiger partial charge in [-0.25, -0.2) is 0 Å². The first-order chi connectivity index (χ1) is 12.5. The fraction of sp³-hybridized carbons (Fsp3) is 0.273. The number of hydrogen-bond acceptors (Lipinski definition) is 4. The molecule has 0 amide bonds. The third-order valence-electron chi connectivity index (χ3n) is 3.73. The van der Waals surface area contributed by atoms with E-state index in [1.54, 1.807) is 32.1 Å². The van der Waals surface area contributed by atoms with Crippen molar-refractivity contribution in [1.82, 2.24) is 0 Å². The largest absolute Gasteiger partial charge is 0.490 e. The molecule has 4 heteroatoms. The van der Waals surface area contributed by atoms with Gasteiger partial charge in [-0.2, -0.15) is 5.26 Å². The van der Waals surface area contributed by atoms with Gasteiger partial charge in [0.1, 0.15) is 12.7 Å². The van der Waals surface area contributed by atoms with Gasteiger partial charge >= 0.3 is 0 Å². The van der Waals surface area contributed by atoms with Gasteiger partial charge in [-0.15, -0.1) is 0 Å². The molecule has 0 bridgehead atoms. The van der Waals surface area contributed by atoms with E-state index in [-0.39, 0.29) is 17.3 Å². The van der Waals surface area contributed by atoms with Gasteiger partial charge < -0.3 is 9.47 Å². The zero-order chi connectivity index (χ0) is 18.9. The molecule has 2 aromatic carbocycles. The predicted octanol–water partition coefficient (Wildman–Crippen LogP) is 4.80. The Balaban J connectivity index is 2.25. The minimum Gasteiger partial charge on any atom is -0.490 e. The predicted molar refractivity (Wildman–Crippen MR) is 102 cm³/mol. The molecule has 0 saturated carbocycles. The summed E-state index contributed by atoms with van der Waals surface area (Å²) >= 11 is 0. The van der Waals surface area contributed by atoms with Crippen LogP contribution in [-0.2, 0) is 11.4 Å². The molecule has 0 aliphatic heterocycles. The summed E-state index contributed by atoms with van der Waals surface area (Å²) < 4.78 is 11.5. The van der Waals surface area contributed by atoms with E-state index < -0.39 is 0 Å². The Morgan fingerprint density at radius 2 is 1.85 bits per heavy atom. The van der Waals surface area contributed by atoms with E-state index >= 15 is 0 Å². The van der Waals surface area contributed by atoms with Crippen molar-refractivity contribution in [2.45, 2.75) is 27.4 Å². The summed E-state index contributed by atoms with van der Waals surface area (Å²) in [6.07, 6.45) is 1.59. The van der Waals surface area contributed by atoms with E-state index in [1.165, 1.54) is 0 Å². The van der Waals surface area contributed by atoms with Crippen LogP contribution in [0.25, 0.3) is 6.08 Å². The van der Waals surface area contributed by atoms with Crippen molar-refractivity contribution < 1.29 is 14.3 Å². The van der Waals surface area contributed by atoms with Gasteiger partial charge in [0.05, 0.1) is 12.2 Å². The number of benzene rings is 2. The lowest BCUT2D eigenvalue weighted by molar-refractivity contribution is -0.117. The molecular weight excluding hydrogens is 326 g/mol. The SMILES string of the molecule is CCOc1cc(/C=C(\C#N)C(=O)C(C)C)ccc1OCc1ccccc1. The van der Waals surface area contributed by atoms with Gasteiger partial charge in [-0.3, -0.25) is 4.79 Å². The number of nitrogens with zero attached hydrogens (tertiary/aromatic N) is 1. The smallest absolute Gasteiger partial charge is 0.175 e. The van der Waals surface area contributed by atoms with E-state index in [1.807, 2.05) is 49.4 Å². The first-order valence-corrected chi connectivity index (χ1v) is 8.64. The molecule has 0 aliphatic carbocycles. The second-order valence-electron chi connectivity index (χ2n) is 6.10. The highest BCUT2D eigenvalue weighted by atomic mass is 16.5. The Labute approximate surface area is 154 Å². The van der Waals surface area contributed by atoms with Crippen LogP contribution in [0.3, 0.4) is 0 Å². The van der Waals surface area contributed by atoms with E-state index in [0.717, 1.165) is 11.1 Å². The van der Waals surface area contributed by atoms with Crippen molar-refractivity contribution in [2.24, 2.45) is 5.92 Å². The number of ketones is 1. The van der Waals surface area contributed by atoms with Gasteiger partial charge in [0.25, 0.3) is 0 Å². The Hall–Kier alpha value is -3.06. The number of carbonyl (C=O) groups excluding carboxylic acids is 1. The van der Waals surface area contributed by atoms with Crippen LogP contribution < -0.4 is 9.47 Å². The van der Waals surface area contributed by atoms with Gasteiger partial charge in [-0.1, -0.05) is 50.2 Å². The van der Waals surface area contributed by atoms with Gasteiger partial charge in [-0.05, 0) is 36.3 Å². The summed E-state index contributed by atoms with van der Waals surface area (Å²) in [5.41, 5.74) is 1.93. The molecule has 0 radical (unpaired) electrons. The number of carbonyl (C=O) groups is 1. The normalized spacial score (nSPS) is 11.1. The second kappa shape index (κ2) is 9.43. The van der Waals surface area contributed by atoms with Crippen molar-refractivity contribution in [3.63, 3.8) is 0 Å². The van der Waals surface area contributed by atoms with E-state index in [2.05, 4.69) is 0 Å². The van der Waals surface area contributed by atoms with Crippen LogP contribution in [0.4, 0.5) is 0 Å². The summed E-state index contributed by atoms with van der Waals surface area (Å²) in [5, 5.41) is 9.25. The first-order valence-electron chi connectivity index (χ1n) is 8.64. The molecule has 2 aromatic rings. The van der Waals surface area contributed by atoms with Crippen molar-refractivity contribution in [2.75, 3.05) is 6.61 Å². The summed E-state index contributed by atoms with van der Waals surface area (Å²) in [6, 6.07) is 17.3. The molecule has 0 fully saturated rings. The lowest BCUT2D eigenvalue weighted by Crippen LogP contribution is -2.08. The molecule has 0 heterocycles. The highest BCUT2D eigenvalue weighted by molar-refractivity contribution is 6.04. The lowest BCUT2D eigenvalue weighted by Gasteiger charge is -2.13. The molecule has 2 rings (SSSR count). The minimum atomic E-state index is -0.222. The molecule has 0 spiro atoms. The molecule has 0 N–H and O–H groups in total. The maximum absolute atomic E-state index is 12.1. The number of ether oxygens (including phenoxy) is 2. The number of rotatable bonds is 8. The minimum absolute atomic E-state index is 0.139. The van der Waals surface area contributed by atoms with Crippen molar-refractivity contribution >= 4 is 11.9 Å². The Kier molecular flexibility index (Phi) is 6.99. The molecule has 0 saturated heterocycles. The third kappa shape index (κ3) is 5.22. The number of hydrogen-bond donors (Lipinski definition) is 0. The Morgan fingerprint density at radius 3 is 2.46 bits per heavy atom. The van der Waals surface area contributed by atoms with Crippen LogP contribution in [0.1, 0.15) is 31.9 Å². The van der Waals surface area contributed by atoms with Gasteiger partial charge in [0.2, 0.25) is 0 Å². The average molecular weight is 349 g/mol. The number of allylic oxidation sites excluding steroid dienone is 1. The van der Waals surface area contributed by atoms with Crippen LogP contribution in [0, 0.1) is 17.2 Å². The van der Waals surface area contributed by atoms with Crippen LogP contribution in [-0.4, -0.2) is 12.4 Å². The number of Topliss-reactive ketones (excluding diaryl/α,β-unsaturated/α-hetero) is 1.